The molecule has 0 saturated carbocycles. The molecule has 2 unspecified atom stereocenters. The van der Waals surface area contributed by atoms with Gasteiger partial charge < -0.3 is 9.64 Å². The third-order valence-corrected chi connectivity index (χ3v) is 10.5. The molecule has 0 amide bonds. The number of likely N-dealkylation sites (tertiary alicyclic amines) is 1. The van der Waals surface area contributed by atoms with Gasteiger partial charge in [0, 0.05) is 53.2 Å². The van der Waals surface area contributed by atoms with Crippen molar-refractivity contribution < 1.29 is 28.3 Å². The van der Waals surface area contributed by atoms with Crippen LogP contribution in [-0.4, -0.2) is 59.2 Å². The number of fused-ring (bicyclic) bond motifs is 2. The molecule has 2 aromatic rings. The number of aromatic nitrogens is 1. The standard InChI is InChI=1S/C39H55FN2O5/c1-6-7-8-9-10-11-12-15-35(44)47-24-21-39(4,5)38(46)42-28(3)27(2)36-33(42)25-30-20-23-41(26-32(30)37(36)45)22-13-14-34(43)29-16-18-31(40)19-17-29/h16-19,30,32H,6-15,20-26H2,1-5H3. The molecule has 2 aliphatic rings. The number of Topliss-reactive ketones (excluding diaryl/α,β-unsaturated/α-hetero) is 2. The van der Waals surface area contributed by atoms with Crippen LogP contribution in [0.5, 0.6) is 0 Å². The minimum Gasteiger partial charge on any atom is -0.466 e. The van der Waals surface area contributed by atoms with Crippen LogP contribution in [0.3, 0.4) is 0 Å². The van der Waals surface area contributed by atoms with Gasteiger partial charge in [-0.1, -0.05) is 59.3 Å². The molecule has 1 fully saturated rings. The van der Waals surface area contributed by atoms with E-state index in [0.29, 0.717) is 49.8 Å². The van der Waals surface area contributed by atoms with Crippen LogP contribution < -0.4 is 0 Å². The highest BCUT2D eigenvalue weighted by atomic mass is 19.1. The predicted octanol–water partition coefficient (Wildman–Crippen LogP) is 8.32. The Labute approximate surface area is 280 Å². The quantitative estimate of drug-likeness (QED) is 0.0973. The Hall–Kier alpha value is -3.13. The smallest absolute Gasteiger partial charge is 0.305 e. The number of ketones is 2. The lowest BCUT2D eigenvalue weighted by atomic mass is 9.72. The second kappa shape index (κ2) is 16.8. The highest BCUT2D eigenvalue weighted by molar-refractivity contribution is 6.04. The van der Waals surface area contributed by atoms with Gasteiger partial charge in [-0.25, -0.2) is 4.39 Å². The maximum absolute atomic E-state index is 14.0. The number of carbonyl (C=O) groups is 4. The van der Waals surface area contributed by atoms with Crippen molar-refractivity contribution in [3.63, 3.8) is 0 Å². The van der Waals surface area contributed by atoms with Crippen molar-refractivity contribution in [2.75, 3.05) is 26.2 Å². The zero-order valence-electron chi connectivity index (χ0n) is 29.3. The van der Waals surface area contributed by atoms with Crippen LogP contribution in [0.2, 0.25) is 0 Å². The van der Waals surface area contributed by atoms with E-state index in [1.165, 1.54) is 49.9 Å². The third kappa shape index (κ3) is 9.27. The summed E-state index contributed by atoms with van der Waals surface area (Å²) in [5.41, 5.74) is 2.97. The molecule has 1 aromatic carbocycles. The SMILES string of the molecule is CCCCCCCCCC(=O)OCCC(C)(C)C(=O)n1c(C)c(C)c2c1CC1CCN(CCCC(=O)c3ccc(F)cc3)CC1C2=O. The highest BCUT2D eigenvalue weighted by Gasteiger charge is 2.44. The number of unbranched alkanes of at least 4 members (excludes halogenated alkanes) is 6. The van der Waals surface area contributed by atoms with Crippen LogP contribution in [-0.2, 0) is 16.0 Å². The Bertz CT molecular complexity index is 1410. The molecular weight excluding hydrogens is 595 g/mol. The van der Waals surface area contributed by atoms with E-state index in [4.69, 9.17) is 4.74 Å². The van der Waals surface area contributed by atoms with Gasteiger partial charge >= 0.3 is 5.97 Å². The van der Waals surface area contributed by atoms with E-state index in [9.17, 15) is 23.6 Å². The molecule has 0 spiro atoms. The fraction of sp³-hybridized carbons (Fsp3) is 0.641. The van der Waals surface area contributed by atoms with Gasteiger partial charge in [0.05, 0.1) is 6.61 Å². The van der Waals surface area contributed by atoms with Gasteiger partial charge in [0.1, 0.15) is 5.82 Å². The Balaban J connectivity index is 1.30. The topological polar surface area (TPSA) is 85.7 Å². The highest BCUT2D eigenvalue weighted by Crippen LogP contribution is 2.40. The van der Waals surface area contributed by atoms with Crippen LogP contribution in [0.25, 0.3) is 0 Å². The van der Waals surface area contributed by atoms with Crippen molar-refractivity contribution in [2.24, 2.45) is 17.3 Å². The fourth-order valence-corrected chi connectivity index (χ4v) is 7.29. The van der Waals surface area contributed by atoms with E-state index in [-0.39, 0.29) is 47.7 Å². The first-order chi connectivity index (χ1) is 22.4. The minimum absolute atomic E-state index is 0.0000359. The van der Waals surface area contributed by atoms with E-state index >= 15 is 0 Å². The molecule has 47 heavy (non-hydrogen) atoms. The van der Waals surface area contributed by atoms with E-state index in [0.717, 1.165) is 55.7 Å². The summed E-state index contributed by atoms with van der Waals surface area (Å²) in [7, 11) is 0. The summed E-state index contributed by atoms with van der Waals surface area (Å²) >= 11 is 0. The lowest BCUT2D eigenvalue weighted by Crippen LogP contribution is -2.47. The van der Waals surface area contributed by atoms with Crippen LogP contribution in [0.4, 0.5) is 4.39 Å². The molecule has 2 atom stereocenters. The largest absolute Gasteiger partial charge is 0.466 e. The van der Waals surface area contributed by atoms with Crippen molar-refractivity contribution in [2.45, 2.75) is 118 Å². The first-order valence-corrected chi connectivity index (χ1v) is 17.9. The number of rotatable bonds is 17. The molecular formula is C39H55FN2O5. The minimum atomic E-state index is -0.766. The molecule has 1 saturated heterocycles. The molecule has 2 heterocycles. The van der Waals surface area contributed by atoms with Gasteiger partial charge in [-0.05, 0) is 94.8 Å². The molecule has 7 nitrogen and oxygen atoms in total. The zero-order valence-corrected chi connectivity index (χ0v) is 29.3. The number of piperidine rings is 1. The van der Waals surface area contributed by atoms with Crippen molar-refractivity contribution >= 4 is 23.4 Å². The summed E-state index contributed by atoms with van der Waals surface area (Å²) in [6.45, 7) is 12.3. The zero-order chi connectivity index (χ0) is 34.1. The summed E-state index contributed by atoms with van der Waals surface area (Å²) in [5, 5.41) is 0. The average Bonchev–Trinajstić information content (AvgIpc) is 3.29. The first-order valence-electron chi connectivity index (χ1n) is 17.9. The van der Waals surface area contributed by atoms with Crippen LogP contribution in [0.15, 0.2) is 24.3 Å². The number of hydrogen-bond acceptors (Lipinski definition) is 6. The van der Waals surface area contributed by atoms with Crippen molar-refractivity contribution in [3.05, 3.63) is 58.2 Å². The summed E-state index contributed by atoms with van der Waals surface area (Å²) in [6.07, 6.45) is 11.4. The van der Waals surface area contributed by atoms with Crippen LogP contribution >= 0.6 is 0 Å². The molecule has 1 aliphatic carbocycles. The van der Waals surface area contributed by atoms with E-state index in [1.807, 2.05) is 27.7 Å². The molecule has 0 radical (unpaired) electrons. The normalized spacial score (nSPS) is 18.1. The summed E-state index contributed by atoms with van der Waals surface area (Å²) < 4.78 is 20.5. The number of carbonyl (C=O) groups excluding carboxylic acids is 4. The summed E-state index contributed by atoms with van der Waals surface area (Å²) in [5.74, 6) is -0.454. The Morgan fingerprint density at radius 3 is 2.34 bits per heavy atom. The van der Waals surface area contributed by atoms with Gasteiger partial charge in [0.2, 0.25) is 5.91 Å². The van der Waals surface area contributed by atoms with Crippen molar-refractivity contribution in [1.82, 2.24) is 9.47 Å². The maximum Gasteiger partial charge on any atom is 0.305 e. The number of halogens is 1. The number of esters is 1. The molecule has 8 heteroatoms. The van der Waals surface area contributed by atoms with E-state index < -0.39 is 5.41 Å². The predicted molar refractivity (Wildman–Crippen MR) is 183 cm³/mol. The Kier molecular flexibility index (Phi) is 13.1. The molecule has 1 aromatic heterocycles. The van der Waals surface area contributed by atoms with E-state index in [2.05, 4.69) is 11.8 Å². The van der Waals surface area contributed by atoms with Crippen LogP contribution in [0, 0.1) is 36.9 Å². The molecule has 0 bridgehead atoms. The number of ether oxygens (including phenoxy) is 1. The lowest BCUT2D eigenvalue weighted by Gasteiger charge is -2.40. The molecule has 1 aliphatic heterocycles. The molecule has 0 N–H and O–H groups in total. The fourth-order valence-electron chi connectivity index (χ4n) is 7.29. The summed E-state index contributed by atoms with van der Waals surface area (Å²) in [4.78, 5) is 55.2. The molecule has 4 rings (SSSR count). The monoisotopic (exact) mass is 650 g/mol. The van der Waals surface area contributed by atoms with Crippen molar-refractivity contribution in [3.8, 4) is 0 Å². The van der Waals surface area contributed by atoms with Crippen molar-refractivity contribution in [1.29, 1.82) is 0 Å². The lowest BCUT2D eigenvalue weighted by molar-refractivity contribution is -0.144. The van der Waals surface area contributed by atoms with Crippen LogP contribution in [0.1, 0.15) is 140 Å². The second-order valence-corrected chi connectivity index (χ2v) is 14.5. The van der Waals surface area contributed by atoms with Gasteiger partial charge in [0.15, 0.2) is 11.6 Å². The van der Waals surface area contributed by atoms with Gasteiger partial charge in [-0.2, -0.15) is 0 Å². The maximum atomic E-state index is 14.0. The first kappa shape index (κ1) is 36.7. The van der Waals surface area contributed by atoms with Gasteiger partial charge in [-0.3, -0.25) is 23.7 Å². The van der Waals surface area contributed by atoms with E-state index in [1.54, 1.807) is 4.57 Å². The Morgan fingerprint density at radius 1 is 0.957 bits per heavy atom. The number of benzene rings is 1. The van der Waals surface area contributed by atoms with Gasteiger partial charge in [-0.15, -0.1) is 0 Å². The average molecular weight is 651 g/mol. The molecule has 258 valence electrons. The number of nitrogens with zero attached hydrogens (tertiary/aromatic N) is 2. The summed E-state index contributed by atoms with van der Waals surface area (Å²) in [6, 6.07) is 5.67. The third-order valence-electron chi connectivity index (χ3n) is 10.5. The second-order valence-electron chi connectivity index (χ2n) is 14.5. The number of hydrogen-bond donors (Lipinski definition) is 0. The Morgan fingerprint density at radius 2 is 1.64 bits per heavy atom. The van der Waals surface area contributed by atoms with Gasteiger partial charge in [0.25, 0.3) is 0 Å².